The van der Waals surface area contributed by atoms with Gasteiger partial charge in [0.15, 0.2) is 0 Å². The van der Waals surface area contributed by atoms with Crippen LogP contribution in [-0.4, -0.2) is 31.6 Å². The molecule has 0 saturated heterocycles. The van der Waals surface area contributed by atoms with Crippen LogP contribution in [0.15, 0.2) is 18.2 Å². The molecule has 0 unspecified atom stereocenters. The SMILES string of the molecule is CNC(=O)NC(=O)[C@@H](C)Nc1cccc(OC(F)F)c1C. The minimum Gasteiger partial charge on any atom is -0.434 e. The fourth-order valence-corrected chi connectivity index (χ4v) is 1.58. The van der Waals surface area contributed by atoms with Gasteiger partial charge < -0.3 is 15.4 Å². The van der Waals surface area contributed by atoms with E-state index in [1.165, 1.54) is 19.2 Å². The zero-order valence-corrected chi connectivity index (χ0v) is 11.9. The van der Waals surface area contributed by atoms with Crippen molar-refractivity contribution >= 4 is 17.6 Å². The minimum absolute atomic E-state index is 0.0221. The second-order valence-electron chi connectivity index (χ2n) is 4.24. The minimum atomic E-state index is -2.92. The van der Waals surface area contributed by atoms with Gasteiger partial charge in [-0.3, -0.25) is 10.1 Å². The molecule has 1 aromatic rings. The van der Waals surface area contributed by atoms with Gasteiger partial charge in [0.1, 0.15) is 11.8 Å². The second kappa shape index (κ2) is 7.41. The van der Waals surface area contributed by atoms with Crippen LogP contribution < -0.4 is 20.7 Å². The van der Waals surface area contributed by atoms with Crippen molar-refractivity contribution in [2.45, 2.75) is 26.5 Å². The first-order valence-electron chi connectivity index (χ1n) is 6.18. The largest absolute Gasteiger partial charge is 0.434 e. The average Bonchev–Trinajstić information content (AvgIpc) is 2.42. The number of nitrogens with one attached hydrogen (secondary N) is 3. The monoisotopic (exact) mass is 301 g/mol. The van der Waals surface area contributed by atoms with Crippen molar-refractivity contribution in [1.82, 2.24) is 10.6 Å². The highest BCUT2D eigenvalue weighted by Crippen LogP contribution is 2.27. The summed E-state index contributed by atoms with van der Waals surface area (Å²) in [6.45, 7) is 0.204. The Morgan fingerprint density at radius 1 is 1.29 bits per heavy atom. The summed E-state index contributed by atoms with van der Waals surface area (Å²) in [6, 6.07) is 3.19. The quantitative estimate of drug-likeness (QED) is 0.775. The molecule has 116 valence electrons. The number of hydrogen-bond acceptors (Lipinski definition) is 4. The zero-order chi connectivity index (χ0) is 16.0. The number of amides is 3. The first kappa shape index (κ1) is 16.7. The predicted octanol–water partition coefficient (Wildman–Crippen LogP) is 1.85. The lowest BCUT2D eigenvalue weighted by atomic mass is 10.1. The predicted molar refractivity (Wildman–Crippen MR) is 73.5 cm³/mol. The summed E-state index contributed by atoms with van der Waals surface area (Å²) in [5.74, 6) is -0.525. The third-order valence-corrected chi connectivity index (χ3v) is 2.73. The number of urea groups is 1. The van der Waals surface area contributed by atoms with Gasteiger partial charge in [0, 0.05) is 18.3 Å². The molecule has 3 N–H and O–H groups in total. The van der Waals surface area contributed by atoms with Crippen molar-refractivity contribution in [3.63, 3.8) is 0 Å². The summed E-state index contributed by atoms with van der Waals surface area (Å²) in [7, 11) is 1.38. The molecule has 0 aromatic heterocycles. The van der Waals surface area contributed by atoms with E-state index < -0.39 is 24.6 Å². The number of imide groups is 1. The summed E-state index contributed by atoms with van der Waals surface area (Å²) >= 11 is 0. The highest BCUT2D eigenvalue weighted by molar-refractivity contribution is 5.97. The van der Waals surface area contributed by atoms with Crippen LogP contribution in [0, 0.1) is 6.92 Å². The Morgan fingerprint density at radius 2 is 1.95 bits per heavy atom. The van der Waals surface area contributed by atoms with E-state index in [1.807, 2.05) is 0 Å². The van der Waals surface area contributed by atoms with Crippen LogP contribution in [0.2, 0.25) is 0 Å². The lowest BCUT2D eigenvalue weighted by Gasteiger charge is -2.18. The average molecular weight is 301 g/mol. The van der Waals surface area contributed by atoms with E-state index >= 15 is 0 Å². The maximum atomic E-state index is 12.3. The van der Waals surface area contributed by atoms with E-state index in [2.05, 4.69) is 20.7 Å². The van der Waals surface area contributed by atoms with Gasteiger partial charge in [0.2, 0.25) is 5.91 Å². The van der Waals surface area contributed by atoms with E-state index in [-0.39, 0.29) is 5.75 Å². The van der Waals surface area contributed by atoms with E-state index in [0.29, 0.717) is 11.3 Å². The Balaban J connectivity index is 2.78. The van der Waals surface area contributed by atoms with Crippen LogP contribution in [0.5, 0.6) is 5.75 Å². The maximum Gasteiger partial charge on any atom is 0.387 e. The van der Waals surface area contributed by atoms with Gasteiger partial charge in [0.05, 0.1) is 0 Å². The van der Waals surface area contributed by atoms with Gasteiger partial charge in [-0.15, -0.1) is 0 Å². The highest BCUT2D eigenvalue weighted by Gasteiger charge is 2.17. The standard InChI is InChI=1S/C13H17F2N3O3/c1-7-9(5-4-6-10(7)21-12(14)15)17-8(2)11(19)18-13(20)16-3/h4-6,8,12,17H,1-3H3,(H2,16,18,19,20)/t8-/m1/s1. The molecule has 1 atom stereocenters. The van der Waals surface area contributed by atoms with Crippen molar-refractivity contribution in [2.75, 3.05) is 12.4 Å². The van der Waals surface area contributed by atoms with E-state index in [1.54, 1.807) is 19.9 Å². The third kappa shape index (κ3) is 4.90. The highest BCUT2D eigenvalue weighted by atomic mass is 19.3. The third-order valence-electron chi connectivity index (χ3n) is 2.73. The summed E-state index contributed by atoms with van der Waals surface area (Å²) in [5.41, 5.74) is 0.907. The van der Waals surface area contributed by atoms with Crippen LogP contribution in [-0.2, 0) is 4.79 Å². The number of alkyl halides is 2. The lowest BCUT2D eigenvalue weighted by molar-refractivity contribution is -0.120. The molecule has 0 aliphatic heterocycles. The topological polar surface area (TPSA) is 79.5 Å². The van der Waals surface area contributed by atoms with Gasteiger partial charge >= 0.3 is 12.6 Å². The Hall–Kier alpha value is -2.38. The van der Waals surface area contributed by atoms with Crippen molar-refractivity contribution in [3.8, 4) is 5.75 Å². The fourth-order valence-electron chi connectivity index (χ4n) is 1.58. The van der Waals surface area contributed by atoms with Gasteiger partial charge in [-0.1, -0.05) is 6.07 Å². The maximum absolute atomic E-state index is 12.3. The molecule has 1 rings (SSSR count). The molecule has 0 bridgehead atoms. The van der Waals surface area contributed by atoms with E-state index in [0.717, 1.165) is 0 Å². The summed E-state index contributed by atoms with van der Waals surface area (Å²) < 4.78 is 28.9. The molecule has 0 aliphatic rings. The summed E-state index contributed by atoms with van der Waals surface area (Å²) in [6.07, 6.45) is 0. The van der Waals surface area contributed by atoms with Crippen molar-refractivity contribution in [3.05, 3.63) is 23.8 Å². The van der Waals surface area contributed by atoms with Crippen molar-refractivity contribution in [1.29, 1.82) is 0 Å². The van der Waals surface area contributed by atoms with Gasteiger partial charge in [-0.25, -0.2) is 4.79 Å². The zero-order valence-electron chi connectivity index (χ0n) is 11.9. The number of hydrogen-bond donors (Lipinski definition) is 3. The smallest absolute Gasteiger partial charge is 0.387 e. The number of rotatable bonds is 5. The number of carbonyl (C=O) groups excluding carboxylic acids is 2. The molecule has 8 heteroatoms. The van der Waals surface area contributed by atoms with Gasteiger partial charge in [-0.05, 0) is 26.0 Å². The van der Waals surface area contributed by atoms with Crippen LogP contribution in [0.3, 0.4) is 0 Å². The Kier molecular flexibility index (Phi) is 5.89. The molecule has 0 spiro atoms. The molecule has 6 nitrogen and oxygen atoms in total. The number of ether oxygens (including phenoxy) is 1. The molecule has 0 fully saturated rings. The molecule has 0 saturated carbocycles. The van der Waals surface area contributed by atoms with Crippen molar-refractivity contribution < 1.29 is 23.1 Å². The van der Waals surface area contributed by atoms with Crippen LogP contribution in [0.25, 0.3) is 0 Å². The first-order chi connectivity index (χ1) is 9.85. The number of anilines is 1. The van der Waals surface area contributed by atoms with E-state index in [9.17, 15) is 18.4 Å². The number of halogens is 2. The second-order valence-corrected chi connectivity index (χ2v) is 4.24. The van der Waals surface area contributed by atoms with Crippen LogP contribution in [0.4, 0.5) is 19.3 Å². The Bertz CT molecular complexity index is 523. The van der Waals surface area contributed by atoms with Crippen LogP contribution >= 0.6 is 0 Å². The summed E-state index contributed by atoms with van der Waals surface area (Å²) in [5, 5.41) is 7.20. The van der Waals surface area contributed by atoms with E-state index in [4.69, 9.17) is 0 Å². The number of benzene rings is 1. The molecule has 3 amide bonds. The molecule has 0 radical (unpaired) electrons. The molecule has 21 heavy (non-hydrogen) atoms. The number of carbonyl (C=O) groups is 2. The molecule has 0 heterocycles. The molecular formula is C13H17F2N3O3. The fraction of sp³-hybridized carbons (Fsp3) is 0.385. The van der Waals surface area contributed by atoms with Crippen LogP contribution in [0.1, 0.15) is 12.5 Å². The summed E-state index contributed by atoms with van der Waals surface area (Å²) in [4.78, 5) is 22.8. The normalized spacial score (nSPS) is 11.7. The Labute approximate surface area is 120 Å². The Morgan fingerprint density at radius 3 is 2.52 bits per heavy atom. The molecular weight excluding hydrogens is 284 g/mol. The molecule has 0 aliphatic carbocycles. The van der Waals surface area contributed by atoms with Gasteiger partial charge in [-0.2, -0.15) is 8.78 Å². The van der Waals surface area contributed by atoms with Gasteiger partial charge in [0.25, 0.3) is 0 Å². The first-order valence-corrected chi connectivity index (χ1v) is 6.18. The lowest BCUT2D eigenvalue weighted by Crippen LogP contribution is -2.44. The molecule has 1 aromatic carbocycles. The van der Waals surface area contributed by atoms with Crippen molar-refractivity contribution in [2.24, 2.45) is 0 Å².